The van der Waals surface area contributed by atoms with E-state index in [1.165, 1.54) is 61.4 Å². The van der Waals surface area contributed by atoms with Gasteiger partial charge in [0.2, 0.25) is 0 Å². The van der Waals surface area contributed by atoms with Gasteiger partial charge >= 0.3 is 0 Å². The van der Waals surface area contributed by atoms with Gasteiger partial charge in [0.05, 0.1) is 11.0 Å². The van der Waals surface area contributed by atoms with Gasteiger partial charge in [-0.3, -0.25) is 0 Å². The summed E-state index contributed by atoms with van der Waals surface area (Å²) in [4.78, 5) is 11.0. The van der Waals surface area contributed by atoms with E-state index in [-0.39, 0.29) is 0 Å². The molecule has 2 fully saturated rings. The molecule has 3 heterocycles. The lowest BCUT2D eigenvalue weighted by Crippen LogP contribution is -2.28. The minimum absolute atomic E-state index is 0.542. The number of hydrogen-bond donors (Lipinski definition) is 2. The van der Waals surface area contributed by atoms with Crippen LogP contribution in [0.5, 0.6) is 0 Å². The van der Waals surface area contributed by atoms with Crippen molar-refractivity contribution in [1.82, 2.24) is 15.3 Å². The number of nitrogens with one attached hydrogen (secondary N) is 2. The zero-order valence-electron chi connectivity index (χ0n) is 12.8. The summed E-state index contributed by atoms with van der Waals surface area (Å²) >= 11 is 0. The average molecular weight is 284 g/mol. The van der Waals surface area contributed by atoms with Crippen molar-refractivity contribution in [2.45, 2.75) is 38.5 Å². The standard InChI is InChI=1S/C17H24N4/c1-12-9-14(21-7-2-3-8-21)10-15-16(12)20-17(19-15)13-5-4-6-18-11-13/h9-10,13,18H,2-8,11H2,1H3,(H,19,20). The number of rotatable bonds is 2. The Hall–Kier alpha value is -1.55. The van der Waals surface area contributed by atoms with Crippen LogP contribution >= 0.6 is 0 Å². The van der Waals surface area contributed by atoms with Crippen molar-refractivity contribution in [2.24, 2.45) is 0 Å². The number of benzene rings is 1. The molecule has 0 saturated carbocycles. The van der Waals surface area contributed by atoms with E-state index in [9.17, 15) is 0 Å². The van der Waals surface area contributed by atoms with Crippen molar-refractivity contribution < 1.29 is 0 Å². The molecule has 1 unspecified atom stereocenters. The van der Waals surface area contributed by atoms with Crippen molar-refractivity contribution in [3.8, 4) is 0 Å². The third-order valence-corrected chi connectivity index (χ3v) is 4.94. The van der Waals surface area contributed by atoms with Crippen LogP contribution in [0.15, 0.2) is 12.1 Å². The third kappa shape index (κ3) is 2.42. The van der Waals surface area contributed by atoms with E-state index in [2.05, 4.69) is 34.3 Å². The minimum atomic E-state index is 0.542. The van der Waals surface area contributed by atoms with Crippen LogP contribution in [0.2, 0.25) is 0 Å². The van der Waals surface area contributed by atoms with Crippen LogP contribution in [-0.4, -0.2) is 36.1 Å². The lowest BCUT2D eigenvalue weighted by molar-refractivity contribution is 0.449. The highest BCUT2D eigenvalue weighted by Crippen LogP contribution is 2.29. The number of piperidine rings is 1. The maximum absolute atomic E-state index is 4.89. The van der Waals surface area contributed by atoms with Crippen molar-refractivity contribution in [2.75, 3.05) is 31.1 Å². The van der Waals surface area contributed by atoms with E-state index >= 15 is 0 Å². The van der Waals surface area contributed by atoms with E-state index in [1.807, 2.05) is 0 Å². The molecule has 4 nitrogen and oxygen atoms in total. The lowest BCUT2D eigenvalue weighted by Gasteiger charge is -2.20. The normalized spacial score (nSPS) is 23.1. The Morgan fingerprint density at radius 2 is 2.05 bits per heavy atom. The maximum atomic E-state index is 4.89. The third-order valence-electron chi connectivity index (χ3n) is 4.94. The van der Waals surface area contributed by atoms with E-state index in [4.69, 9.17) is 4.98 Å². The topological polar surface area (TPSA) is 44.0 Å². The van der Waals surface area contributed by atoms with E-state index in [0.717, 1.165) is 18.6 Å². The van der Waals surface area contributed by atoms with Gasteiger partial charge in [0.1, 0.15) is 5.82 Å². The fourth-order valence-electron chi connectivity index (χ4n) is 3.73. The van der Waals surface area contributed by atoms with Gasteiger partial charge in [-0.25, -0.2) is 4.98 Å². The summed E-state index contributed by atoms with van der Waals surface area (Å²) < 4.78 is 0. The zero-order valence-corrected chi connectivity index (χ0v) is 12.8. The smallest absolute Gasteiger partial charge is 0.111 e. The molecule has 1 aromatic carbocycles. The molecule has 2 aliphatic rings. The Morgan fingerprint density at radius 3 is 2.81 bits per heavy atom. The van der Waals surface area contributed by atoms with Crippen LogP contribution in [-0.2, 0) is 0 Å². The van der Waals surface area contributed by atoms with Crippen molar-refractivity contribution in [1.29, 1.82) is 0 Å². The molecule has 0 aliphatic carbocycles. The molecule has 4 heteroatoms. The summed E-state index contributed by atoms with van der Waals surface area (Å²) in [6.45, 7) is 6.77. The van der Waals surface area contributed by atoms with Crippen LogP contribution in [0.3, 0.4) is 0 Å². The average Bonchev–Trinajstić information content (AvgIpc) is 3.17. The zero-order chi connectivity index (χ0) is 14.2. The van der Waals surface area contributed by atoms with Crippen LogP contribution < -0.4 is 10.2 Å². The first-order valence-electron chi connectivity index (χ1n) is 8.27. The first-order valence-corrected chi connectivity index (χ1v) is 8.27. The Morgan fingerprint density at radius 1 is 1.19 bits per heavy atom. The summed E-state index contributed by atoms with van der Waals surface area (Å²) in [6.07, 6.45) is 5.13. The van der Waals surface area contributed by atoms with Gasteiger partial charge in [0.25, 0.3) is 0 Å². The molecule has 112 valence electrons. The molecule has 1 aromatic heterocycles. The SMILES string of the molecule is Cc1cc(N2CCCC2)cc2[nH]c(C3CCCNC3)nc12. The highest BCUT2D eigenvalue weighted by atomic mass is 15.1. The number of anilines is 1. The van der Waals surface area contributed by atoms with Gasteiger partial charge in [-0.05, 0) is 56.8 Å². The van der Waals surface area contributed by atoms with Crippen molar-refractivity contribution in [3.63, 3.8) is 0 Å². The molecule has 2 N–H and O–H groups in total. The minimum Gasteiger partial charge on any atom is -0.371 e. The molecule has 0 bridgehead atoms. The second-order valence-corrected chi connectivity index (χ2v) is 6.52. The van der Waals surface area contributed by atoms with Crippen molar-refractivity contribution in [3.05, 3.63) is 23.5 Å². The highest BCUT2D eigenvalue weighted by molar-refractivity contribution is 5.83. The van der Waals surface area contributed by atoms with Crippen LogP contribution in [0.1, 0.15) is 43.0 Å². The summed E-state index contributed by atoms with van der Waals surface area (Å²) in [5.74, 6) is 1.71. The number of nitrogens with zero attached hydrogens (tertiary/aromatic N) is 2. The molecular weight excluding hydrogens is 260 g/mol. The fraction of sp³-hybridized carbons (Fsp3) is 0.588. The van der Waals surface area contributed by atoms with Crippen LogP contribution in [0.25, 0.3) is 11.0 Å². The largest absolute Gasteiger partial charge is 0.371 e. The second-order valence-electron chi connectivity index (χ2n) is 6.52. The lowest BCUT2D eigenvalue weighted by atomic mass is 9.99. The predicted octanol–water partition coefficient (Wildman–Crippen LogP) is 2.94. The number of aromatic amines is 1. The van der Waals surface area contributed by atoms with E-state index in [1.54, 1.807) is 0 Å². The van der Waals surface area contributed by atoms with Crippen LogP contribution in [0, 0.1) is 6.92 Å². The predicted molar refractivity (Wildman–Crippen MR) is 87.1 cm³/mol. The molecule has 21 heavy (non-hydrogen) atoms. The number of imidazole rings is 1. The molecule has 0 radical (unpaired) electrons. The van der Waals surface area contributed by atoms with Gasteiger partial charge in [-0.15, -0.1) is 0 Å². The quantitative estimate of drug-likeness (QED) is 0.891. The van der Waals surface area contributed by atoms with Gasteiger partial charge in [0, 0.05) is 31.2 Å². The van der Waals surface area contributed by atoms with Gasteiger partial charge < -0.3 is 15.2 Å². The Bertz CT molecular complexity index is 634. The molecular formula is C17H24N4. The van der Waals surface area contributed by atoms with Gasteiger partial charge in [0.15, 0.2) is 0 Å². The number of aryl methyl sites for hydroxylation is 1. The molecule has 2 saturated heterocycles. The summed E-state index contributed by atoms with van der Waals surface area (Å²) in [6, 6.07) is 4.60. The molecule has 1 atom stereocenters. The maximum Gasteiger partial charge on any atom is 0.111 e. The van der Waals surface area contributed by atoms with Gasteiger partial charge in [-0.2, -0.15) is 0 Å². The Kier molecular flexibility index (Phi) is 3.34. The number of fused-ring (bicyclic) bond motifs is 1. The van der Waals surface area contributed by atoms with E-state index in [0.29, 0.717) is 5.92 Å². The Balaban J connectivity index is 1.70. The summed E-state index contributed by atoms with van der Waals surface area (Å²) in [5, 5.41) is 3.48. The summed E-state index contributed by atoms with van der Waals surface area (Å²) in [7, 11) is 0. The summed E-state index contributed by atoms with van der Waals surface area (Å²) in [5.41, 5.74) is 5.01. The number of H-pyrrole nitrogens is 1. The first kappa shape index (κ1) is 13.1. The molecule has 4 rings (SSSR count). The Labute approximate surface area is 125 Å². The highest BCUT2D eigenvalue weighted by Gasteiger charge is 2.20. The fourth-order valence-corrected chi connectivity index (χ4v) is 3.73. The van der Waals surface area contributed by atoms with Crippen LogP contribution in [0.4, 0.5) is 5.69 Å². The van der Waals surface area contributed by atoms with Gasteiger partial charge in [-0.1, -0.05) is 0 Å². The van der Waals surface area contributed by atoms with E-state index < -0.39 is 0 Å². The monoisotopic (exact) mass is 284 g/mol. The molecule has 0 spiro atoms. The number of aromatic nitrogens is 2. The molecule has 0 amide bonds. The second kappa shape index (κ2) is 5.34. The molecule has 2 aromatic rings. The molecule has 2 aliphatic heterocycles. The number of hydrogen-bond acceptors (Lipinski definition) is 3. The first-order chi connectivity index (χ1) is 10.3. The van der Waals surface area contributed by atoms with Crippen molar-refractivity contribution >= 4 is 16.7 Å².